The van der Waals surface area contributed by atoms with Gasteiger partial charge in [-0.25, -0.2) is 9.78 Å². The van der Waals surface area contributed by atoms with Gasteiger partial charge in [-0.3, -0.25) is 0 Å². The molecule has 3 N–H and O–H groups in total. The molecule has 6 heteroatoms. The van der Waals surface area contributed by atoms with E-state index in [9.17, 15) is 4.79 Å². The molecule has 0 aromatic carbocycles. The van der Waals surface area contributed by atoms with Gasteiger partial charge in [0, 0.05) is 16.8 Å². The van der Waals surface area contributed by atoms with Crippen LogP contribution in [-0.2, 0) is 0 Å². The molecule has 1 aromatic rings. The number of aromatic nitrogens is 1. The Hall–Kier alpha value is -1.11. The van der Waals surface area contributed by atoms with E-state index in [2.05, 4.69) is 4.98 Å². The second-order valence-electron chi connectivity index (χ2n) is 2.83. The maximum Gasteiger partial charge on any atom is 0.354 e. The third kappa shape index (κ3) is 3.86. The Labute approximate surface area is 90.8 Å². The van der Waals surface area contributed by atoms with E-state index in [1.165, 1.54) is 24.0 Å². The molecule has 1 atom stereocenters. The van der Waals surface area contributed by atoms with Crippen molar-refractivity contribution in [2.45, 2.75) is 11.0 Å². The smallest absolute Gasteiger partial charge is 0.354 e. The number of pyridine rings is 1. The molecule has 1 heterocycles. The van der Waals surface area contributed by atoms with Gasteiger partial charge in [-0.05, 0) is 12.1 Å². The van der Waals surface area contributed by atoms with Crippen LogP contribution >= 0.6 is 11.8 Å². The third-order valence-electron chi connectivity index (χ3n) is 1.61. The van der Waals surface area contributed by atoms with Crippen molar-refractivity contribution in [1.29, 1.82) is 0 Å². The molecule has 0 spiro atoms. The highest BCUT2D eigenvalue weighted by molar-refractivity contribution is 7.99. The predicted octanol–water partition coefficient (Wildman–Crippen LogP) is 0.225. The first-order valence-corrected chi connectivity index (χ1v) is 5.23. The molecule has 1 unspecified atom stereocenters. The van der Waals surface area contributed by atoms with Crippen molar-refractivity contribution in [3.8, 4) is 0 Å². The van der Waals surface area contributed by atoms with Crippen LogP contribution in [0.25, 0.3) is 0 Å². The van der Waals surface area contributed by atoms with Gasteiger partial charge in [-0.15, -0.1) is 11.8 Å². The van der Waals surface area contributed by atoms with Crippen LogP contribution in [0.2, 0.25) is 0 Å². The summed E-state index contributed by atoms with van der Waals surface area (Å²) in [6.07, 6.45) is 0.659. The van der Waals surface area contributed by atoms with Gasteiger partial charge in [-0.2, -0.15) is 0 Å². The quantitative estimate of drug-likeness (QED) is 0.626. The average Bonchev–Trinajstić information content (AvgIpc) is 2.26. The van der Waals surface area contributed by atoms with E-state index in [0.29, 0.717) is 5.75 Å². The van der Waals surface area contributed by atoms with Crippen molar-refractivity contribution in [3.63, 3.8) is 0 Å². The van der Waals surface area contributed by atoms with E-state index in [1.807, 2.05) is 0 Å². The molecule has 0 amide bonds. The number of aromatic carboxylic acids is 1. The number of hydrogen-bond acceptors (Lipinski definition) is 5. The fourth-order valence-electron chi connectivity index (χ4n) is 0.837. The van der Waals surface area contributed by atoms with E-state index >= 15 is 0 Å². The Morgan fingerprint density at radius 3 is 2.73 bits per heavy atom. The van der Waals surface area contributed by atoms with Gasteiger partial charge >= 0.3 is 5.97 Å². The van der Waals surface area contributed by atoms with Crippen LogP contribution in [0, 0.1) is 0 Å². The molecule has 1 aromatic heterocycles. The molecule has 0 fully saturated rings. The first-order chi connectivity index (χ1) is 7.13. The summed E-state index contributed by atoms with van der Waals surface area (Å²) in [4.78, 5) is 15.0. The monoisotopic (exact) mass is 229 g/mol. The minimum absolute atomic E-state index is 0.0120. The maximum absolute atomic E-state index is 10.5. The summed E-state index contributed by atoms with van der Waals surface area (Å²) < 4.78 is 0. The molecule has 0 radical (unpaired) electrons. The van der Waals surface area contributed by atoms with Gasteiger partial charge in [0.15, 0.2) is 0 Å². The zero-order valence-corrected chi connectivity index (χ0v) is 8.65. The molecule has 0 aliphatic carbocycles. The van der Waals surface area contributed by atoms with Crippen molar-refractivity contribution in [2.75, 3.05) is 12.4 Å². The molecular formula is C9H11NO4S. The number of hydrogen-bond donors (Lipinski definition) is 3. The lowest BCUT2D eigenvalue weighted by molar-refractivity contribution is 0.0690. The molecule has 5 nitrogen and oxygen atoms in total. The zero-order valence-electron chi connectivity index (χ0n) is 7.83. The van der Waals surface area contributed by atoms with Crippen LogP contribution in [0.4, 0.5) is 0 Å². The number of carboxylic acid groups (broad SMARTS) is 1. The first-order valence-electron chi connectivity index (χ1n) is 4.24. The normalized spacial score (nSPS) is 12.4. The van der Waals surface area contributed by atoms with Crippen molar-refractivity contribution in [3.05, 3.63) is 24.0 Å². The van der Waals surface area contributed by atoms with E-state index in [-0.39, 0.29) is 12.3 Å². The molecule has 0 saturated carbocycles. The lowest BCUT2D eigenvalue weighted by Gasteiger charge is -2.05. The minimum Gasteiger partial charge on any atom is -0.477 e. The fraction of sp³-hybridized carbons (Fsp3) is 0.333. The molecular weight excluding hydrogens is 218 g/mol. The Bertz CT molecular complexity index is 327. The molecule has 82 valence electrons. The molecule has 0 aliphatic heterocycles. The Morgan fingerprint density at radius 1 is 1.53 bits per heavy atom. The second kappa shape index (κ2) is 5.69. The van der Waals surface area contributed by atoms with Gasteiger partial charge in [0.05, 0.1) is 12.7 Å². The van der Waals surface area contributed by atoms with Crippen LogP contribution < -0.4 is 0 Å². The third-order valence-corrected chi connectivity index (χ3v) is 2.73. The summed E-state index contributed by atoms with van der Waals surface area (Å²) in [6, 6.07) is 3.02. The van der Waals surface area contributed by atoms with Crippen LogP contribution in [-0.4, -0.2) is 44.7 Å². The highest BCUT2D eigenvalue weighted by Crippen LogP contribution is 2.17. The van der Waals surface area contributed by atoms with Gasteiger partial charge in [0.2, 0.25) is 0 Å². The Kier molecular flexibility index (Phi) is 4.54. The first kappa shape index (κ1) is 12.0. The van der Waals surface area contributed by atoms with Crippen LogP contribution in [0.3, 0.4) is 0 Å². The highest BCUT2D eigenvalue weighted by Gasteiger charge is 2.06. The largest absolute Gasteiger partial charge is 0.477 e. The van der Waals surface area contributed by atoms with Crippen molar-refractivity contribution >= 4 is 17.7 Å². The number of aliphatic hydroxyl groups excluding tert-OH is 2. The molecule has 0 saturated heterocycles. The van der Waals surface area contributed by atoms with Crippen LogP contribution in [0.1, 0.15) is 10.5 Å². The minimum atomic E-state index is -1.07. The molecule has 1 rings (SSSR count). The zero-order chi connectivity index (χ0) is 11.3. The van der Waals surface area contributed by atoms with Crippen LogP contribution in [0.5, 0.6) is 0 Å². The number of rotatable bonds is 5. The van der Waals surface area contributed by atoms with E-state index < -0.39 is 12.1 Å². The Morgan fingerprint density at radius 2 is 2.27 bits per heavy atom. The van der Waals surface area contributed by atoms with E-state index in [1.54, 1.807) is 6.07 Å². The van der Waals surface area contributed by atoms with E-state index in [4.69, 9.17) is 15.3 Å². The summed E-state index contributed by atoms with van der Waals surface area (Å²) in [5.41, 5.74) is -0.0120. The highest BCUT2D eigenvalue weighted by atomic mass is 32.2. The number of nitrogens with zero attached hydrogens (tertiary/aromatic N) is 1. The van der Waals surface area contributed by atoms with Crippen molar-refractivity contribution in [2.24, 2.45) is 0 Å². The lowest BCUT2D eigenvalue weighted by Crippen LogP contribution is -2.14. The van der Waals surface area contributed by atoms with Gasteiger partial charge < -0.3 is 15.3 Å². The number of carboxylic acids is 1. The van der Waals surface area contributed by atoms with E-state index in [0.717, 1.165) is 4.90 Å². The number of carbonyl (C=O) groups is 1. The average molecular weight is 229 g/mol. The molecule has 0 aliphatic rings. The summed E-state index contributed by atoms with van der Waals surface area (Å²) >= 11 is 1.31. The number of aliphatic hydroxyl groups is 2. The van der Waals surface area contributed by atoms with Gasteiger partial charge in [0.25, 0.3) is 0 Å². The topological polar surface area (TPSA) is 90.7 Å². The summed E-state index contributed by atoms with van der Waals surface area (Å²) in [5.74, 6) is -0.716. The van der Waals surface area contributed by atoms with Crippen molar-refractivity contribution in [1.82, 2.24) is 4.98 Å². The van der Waals surface area contributed by atoms with Gasteiger partial charge in [-0.1, -0.05) is 0 Å². The standard InChI is InChI=1S/C9H11NO4S/c11-4-6(12)5-15-7-1-2-8(9(13)14)10-3-7/h1-3,6,11-12H,4-5H2,(H,13,14). The molecule has 15 heavy (non-hydrogen) atoms. The van der Waals surface area contributed by atoms with Crippen molar-refractivity contribution < 1.29 is 20.1 Å². The van der Waals surface area contributed by atoms with Crippen LogP contribution in [0.15, 0.2) is 23.2 Å². The van der Waals surface area contributed by atoms with Gasteiger partial charge in [0.1, 0.15) is 5.69 Å². The summed E-state index contributed by atoms with van der Waals surface area (Å²) in [6.45, 7) is -0.284. The number of thioether (sulfide) groups is 1. The summed E-state index contributed by atoms with van der Waals surface area (Å²) in [5, 5.41) is 26.2. The lowest BCUT2D eigenvalue weighted by atomic mass is 10.4. The molecule has 0 bridgehead atoms. The maximum atomic E-state index is 10.5. The summed E-state index contributed by atoms with van der Waals surface area (Å²) in [7, 11) is 0. The predicted molar refractivity (Wildman–Crippen MR) is 55.0 cm³/mol. The SMILES string of the molecule is O=C(O)c1ccc(SCC(O)CO)cn1. The second-order valence-corrected chi connectivity index (χ2v) is 3.93. The Balaban J connectivity index is 2.53. The fourth-order valence-corrected chi connectivity index (χ4v) is 1.62.